The van der Waals surface area contributed by atoms with Gasteiger partial charge in [0.15, 0.2) is 0 Å². The van der Waals surface area contributed by atoms with Crippen molar-refractivity contribution in [3.05, 3.63) is 0 Å². The van der Waals surface area contributed by atoms with Gasteiger partial charge in [-0.15, -0.1) is 0 Å². The van der Waals surface area contributed by atoms with E-state index in [4.69, 9.17) is 9.47 Å². The summed E-state index contributed by atoms with van der Waals surface area (Å²) in [6.07, 6.45) is -1.01. The molecule has 17 heavy (non-hydrogen) atoms. The molecule has 1 aliphatic heterocycles. The zero-order valence-corrected chi connectivity index (χ0v) is 10.4. The van der Waals surface area contributed by atoms with Crippen LogP contribution < -0.4 is 5.11 Å². The Kier molecular flexibility index (Phi) is 4.34. The maximum absolute atomic E-state index is 11.8. The summed E-state index contributed by atoms with van der Waals surface area (Å²) < 4.78 is 10.2. The second kappa shape index (κ2) is 5.35. The van der Waals surface area contributed by atoms with Gasteiger partial charge in [0.1, 0.15) is 11.7 Å². The average molecular weight is 244 g/mol. The van der Waals surface area contributed by atoms with E-state index in [1.807, 2.05) is 0 Å². The summed E-state index contributed by atoms with van der Waals surface area (Å²) in [4.78, 5) is 23.9. The number of amides is 1. The summed E-state index contributed by atoms with van der Waals surface area (Å²) in [6, 6.07) is 0. The van der Waals surface area contributed by atoms with Crippen LogP contribution in [0.2, 0.25) is 0 Å². The summed E-state index contributed by atoms with van der Waals surface area (Å²) in [6.45, 7) is 5.98. The fourth-order valence-corrected chi connectivity index (χ4v) is 1.46. The summed E-state index contributed by atoms with van der Waals surface area (Å²) in [5, 5.41) is 10.7. The lowest BCUT2D eigenvalue weighted by Crippen LogP contribution is -2.46. The Balaban J connectivity index is 2.62. The molecule has 0 radical (unpaired) electrons. The molecule has 0 unspecified atom stereocenters. The number of ether oxygens (including phenoxy) is 2. The Hall–Kier alpha value is -1.30. The third-order valence-corrected chi connectivity index (χ3v) is 2.19. The molecule has 0 bridgehead atoms. The van der Waals surface area contributed by atoms with Crippen LogP contribution in [0.1, 0.15) is 27.2 Å². The zero-order chi connectivity index (χ0) is 13.1. The van der Waals surface area contributed by atoms with E-state index in [0.29, 0.717) is 19.6 Å². The highest BCUT2D eigenvalue weighted by atomic mass is 16.6. The molecule has 0 aliphatic carbocycles. The fraction of sp³-hybridized carbons (Fsp3) is 0.818. The quantitative estimate of drug-likeness (QED) is 0.636. The first-order valence-electron chi connectivity index (χ1n) is 5.60. The number of carboxylic acids is 1. The van der Waals surface area contributed by atoms with Crippen LogP contribution in [0.3, 0.4) is 0 Å². The monoisotopic (exact) mass is 244 g/mol. The van der Waals surface area contributed by atoms with Gasteiger partial charge in [0.25, 0.3) is 0 Å². The van der Waals surface area contributed by atoms with Crippen LogP contribution in [0.25, 0.3) is 0 Å². The van der Waals surface area contributed by atoms with E-state index in [0.717, 1.165) is 0 Å². The molecule has 0 aromatic rings. The first-order chi connectivity index (χ1) is 7.79. The fourth-order valence-electron chi connectivity index (χ4n) is 1.46. The van der Waals surface area contributed by atoms with Gasteiger partial charge in [-0.2, -0.15) is 0 Å². The van der Waals surface area contributed by atoms with Gasteiger partial charge in [0, 0.05) is 13.2 Å². The van der Waals surface area contributed by atoms with Crippen LogP contribution in [0.5, 0.6) is 0 Å². The molecule has 1 fully saturated rings. The molecule has 1 atom stereocenters. The minimum absolute atomic E-state index is 0.0305. The van der Waals surface area contributed by atoms with Crippen molar-refractivity contribution >= 4 is 12.1 Å². The number of rotatable bonds is 1. The molecule has 0 N–H and O–H groups in total. The van der Waals surface area contributed by atoms with Gasteiger partial charge in [-0.05, 0) is 27.2 Å². The molecule has 0 saturated carbocycles. The van der Waals surface area contributed by atoms with Gasteiger partial charge in [0.05, 0.1) is 12.5 Å². The first-order valence-corrected chi connectivity index (χ1v) is 5.60. The first kappa shape index (κ1) is 13.8. The van der Waals surface area contributed by atoms with E-state index < -0.39 is 23.8 Å². The van der Waals surface area contributed by atoms with E-state index >= 15 is 0 Å². The van der Waals surface area contributed by atoms with Gasteiger partial charge in [-0.1, -0.05) is 0 Å². The molecule has 0 aromatic heterocycles. The van der Waals surface area contributed by atoms with Crippen LogP contribution >= 0.6 is 0 Å². The Morgan fingerprint density at radius 1 is 1.41 bits per heavy atom. The molecule has 1 amide bonds. The van der Waals surface area contributed by atoms with Gasteiger partial charge >= 0.3 is 6.09 Å². The second-order valence-electron chi connectivity index (χ2n) is 4.96. The summed E-state index contributed by atoms with van der Waals surface area (Å²) in [7, 11) is 0. The van der Waals surface area contributed by atoms with Crippen molar-refractivity contribution in [2.75, 3.05) is 19.7 Å². The molecular weight excluding hydrogens is 226 g/mol. The minimum atomic E-state index is -1.31. The van der Waals surface area contributed by atoms with Gasteiger partial charge < -0.3 is 24.3 Å². The number of carbonyl (C=O) groups excluding carboxylic acids is 2. The van der Waals surface area contributed by atoms with Gasteiger partial charge in [-0.3, -0.25) is 0 Å². The maximum atomic E-state index is 11.8. The van der Waals surface area contributed by atoms with Crippen molar-refractivity contribution < 1.29 is 24.2 Å². The molecule has 0 aromatic carbocycles. The average Bonchev–Trinajstić information content (AvgIpc) is 2.39. The lowest BCUT2D eigenvalue weighted by Gasteiger charge is -2.28. The Morgan fingerprint density at radius 3 is 2.59 bits per heavy atom. The van der Waals surface area contributed by atoms with E-state index in [1.54, 1.807) is 20.8 Å². The standard InChI is InChI=1S/C11H19NO5/c1-11(2,3)17-10(15)12-5-4-6-16-8(7-12)9(13)14/h8H,4-7H2,1-3H3,(H,13,14)/p-1/t8-/m0/s1. The number of hydrogen-bond acceptors (Lipinski definition) is 5. The van der Waals surface area contributed by atoms with Crippen LogP contribution in [0.4, 0.5) is 4.79 Å². The van der Waals surface area contributed by atoms with Gasteiger partial charge in [-0.25, -0.2) is 4.79 Å². The van der Waals surface area contributed by atoms with E-state index in [-0.39, 0.29) is 6.54 Å². The molecule has 1 heterocycles. The number of carboxylic acid groups (broad SMARTS) is 1. The molecule has 1 rings (SSSR count). The number of carbonyl (C=O) groups is 2. The number of hydrogen-bond donors (Lipinski definition) is 0. The molecule has 98 valence electrons. The molecular formula is C11H18NO5-. The zero-order valence-electron chi connectivity index (χ0n) is 10.4. The van der Waals surface area contributed by atoms with Crippen molar-refractivity contribution in [1.82, 2.24) is 4.90 Å². The predicted octanol–water partition coefficient (Wildman–Crippen LogP) is -0.238. The summed E-state index contributed by atoms with van der Waals surface area (Å²) in [5.41, 5.74) is -0.596. The van der Waals surface area contributed by atoms with Crippen molar-refractivity contribution in [2.45, 2.75) is 38.9 Å². The topological polar surface area (TPSA) is 78.9 Å². The second-order valence-corrected chi connectivity index (χ2v) is 4.96. The molecule has 1 saturated heterocycles. The largest absolute Gasteiger partial charge is 0.547 e. The van der Waals surface area contributed by atoms with Crippen LogP contribution in [0.15, 0.2) is 0 Å². The Morgan fingerprint density at radius 2 is 2.06 bits per heavy atom. The third-order valence-electron chi connectivity index (χ3n) is 2.19. The maximum Gasteiger partial charge on any atom is 0.410 e. The highest BCUT2D eigenvalue weighted by Crippen LogP contribution is 2.13. The lowest BCUT2D eigenvalue weighted by molar-refractivity contribution is -0.316. The summed E-state index contributed by atoms with van der Waals surface area (Å²) >= 11 is 0. The Labute approximate surface area is 100 Å². The van der Waals surface area contributed by atoms with Crippen molar-refractivity contribution in [2.24, 2.45) is 0 Å². The normalized spacial score (nSPS) is 21.8. The van der Waals surface area contributed by atoms with Crippen LogP contribution in [-0.2, 0) is 14.3 Å². The van der Waals surface area contributed by atoms with E-state index in [2.05, 4.69) is 0 Å². The van der Waals surface area contributed by atoms with Crippen molar-refractivity contribution in [3.8, 4) is 0 Å². The number of aliphatic carboxylic acids is 1. The molecule has 0 spiro atoms. The predicted molar refractivity (Wildman–Crippen MR) is 57.2 cm³/mol. The van der Waals surface area contributed by atoms with Crippen LogP contribution in [0, 0.1) is 0 Å². The van der Waals surface area contributed by atoms with Crippen molar-refractivity contribution in [3.63, 3.8) is 0 Å². The minimum Gasteiger partial charge on any atom is -0.547 e. The van der Waals surface area contributed by atoms with Gasteiger partial charge in [0.2, 0.25) is 0 Å². The van der Waals surface area contributed by atoms with E-state index in [9.17, 15) is 14.7 Å². The van der Waals surface area contributed by atoms with Crippen LogP contribution in [-0.4, -0.2) is 48.4 Å². The SMILES string of the molecule is CC(C)(C)OC(=O)N1CCCO[C@H](C(=O)[O-])C1. The van der Waals surface area contributed by atoms with E-state index in [1.165, 1.54) is 4.90 Å². The molecule has 6 heteroatoms. The molecule has 1 aliphatic rings. The highest BCUT2D eigenvalue weighted by molar-refractivity contribution is 5.73. The summed E-state index contributed by atoms with van der Waals surface area (Å²) in [5.74, 6) is -1.31. The Bertz CT molecular complexity index is 297. The van der Waals surface area contributed by atoms with Crippen molar-refractivity contribution in [1.29, 1.82) is 0 Å². The lowest BCUT2D eigenvalue weighted by atomic mass is 10.2. The highest BCUT2D eigenvalue weighted by Gasteiger charge is 2.27. The smallest absolute Gasteiger partial charge is 0.410 e. The number of nitrogens with zero attached hydrogens (tertiary/aromatic N) is 1. The third kappa shape index (κ3) is 4.60. The molecule has 6 nitrogen and oxygen atoms in total.